The van der Waals surface area contributed by atoms with Gasteiger partial charge in [0.15, 0.2) is 6.61 Å². The predicted octanol–water partition coefficient (Wildman–Crippen LogP) is 3.97. The molecular weight excluding hydrogens is 397 g/mol. The maximum absolute atomic E-state index is 13.3. The van der Waals surface area contributed by atoms with Gasteiger partial charge in [0.25, 0.3) is 5.91 Å². The number of rotatable bonds is 9. The first-order valence-corrected chi connectivity index (χ1v) is 9.99. The van der Waals surface area contributed by atoms with E-state index in [0.717, 1.165) is 5.56 Å². The molecule has 0 heterocycles. The fourth-order valence-corrected chi connectivity index (χ4v) is 3.28. The van der Waals surface area contributed by atoms with E-state index in [9.17, 15) is 14.0 Å². The smallest absolute Gasteiger partial charge is 0.348 e. The van der Waals surface area contributed by atoms with Crippen molar-refractivity contribution in [3.05, 3.63) is 107 Å². The number of carbonyl (C=O) groups excluding carboxylic acids is 2. The Kier molecular flexibility index (Phi) is 7.51. The molecule has 0 unspecified atom stereocenters. The summed E-state index contributed by atoms with van der Waals surface area (Å²) in [6.07, 6.45) is 0. The predicted molar refractivity (Wildman–Crippen MR) is 114 cm³/mol. The molecule has 0 bridgehead atoms. The maximum Gasteiger partial charge on any atom is 0.348 e. The quantitative estimate of drug-likeness (QED) is 0.531. The van der Waals surface area contributed by atoms with Crippen molar-refractivity contribution in [2.45, 2.75) is 19.1 Å². The molecule has 0 aliphatic carbocycles. The molecule has 0 spiro atoms. The third-order valence-electron chi connectivity index (χ3n) is 4.75. The summed E-state index contributed by atoms with van der Waals surface area (Å²) in [6, 6.07) is 23.9. The number of carbonyl (C=O) groups is 2. The van der Waals surface area contributed by atoms with Crippen molar-refractivity contribution in [1.82, 2.24) is 5.32 Å². The summed E-state index contributed by atoms with van der Waals surface area (Å²) < 4.78 is 24.4. The second kappa shape index (κ2) is 10.5. The fourth-order valence-electron chi connectivity index (χ4n) is 3.28. The zero-order valence-corrected chi connectivity index (χ0v) is 17.2. The van der Waals surface area contributed by atoms with Gasteiger partial charge in [0.2, 0.25) is 5.60 Å². The first kappa shape index (κ1) is 22.2. The normalized spacial score (nSPS) is 11.0. The SMILES string of the molecule is CCOC(C(=O)OCC(=O)NCc1ccc(F)cc1)(c1ccccc1)c1ccccc1. The van der Waals surface area contributed by atoms with Gasteiger partial charge < -0.3 is 14.8 Å². The molecule has 0 saturated carbocycles. The summed E-state index contributed by atoms with van der Waals surface area (Å²) in [4.78, 5) is 25.5. The highest BCUT2D eigenvalue weighted by Crippen LogP contribution is 2.35. The minimum atomic E-state index is -1.49. The van der Waals surface area contributed by atoms with E-state index in [1.807, 2.05) is 36.4 Å². The number of benzene rings is 3. The number of esters is 1. The van der Waals surface area contributed by atoms with Crippen LogP contribution >= 0.6 is 0 Å². The number of amides is 1. The highest BCUT2D eigenvalue weighted by Gasteiger charge is 2.45. The Morgan fingerprint density at radius 2 is 1.42 bits per heavy atom. The molecule has 160 valence electrons. The van der Waals surface area contributed by atoms with Crippen LogP contribution in [0.4, 0.5) is 4.39 Å². The van der Waals surface area contributed by atoms with Crippen LogP contribution in [0.15, 0.2) is 84.9 Å². The number of halogens is 1. The van der Waals surface area contributed by atoms with Crippen molar-refractivity contribution >= 4 is 11.9 Å². The Morgan fingerprint density at radius 1 is 0.871 bits per heavy atom. The van der Waals surface area contributed by atoms with Gasteiger partial charge in [-0.2, -0.15) is 0 Å². The van der Waals surface area contributed by atoms with Gasteiger partial charge in [-0.15, -0.1) is 0 Å². The first-order valence-electron chi connectivity index (χ1n) is 9.99. The van der Waals surface area contributed by atoms with Crippen LogP contribution in [0.1, 0.15) is 23.6 Å². The number of nitrogens with one attached hydrogen (secondary N) is 1. The number of ether oxygens (including phenoxy) is 2. The average molecular weight is 421 g/mol. The second-order valence-electron chi connectivity index (χ2n) is 6.83. The number of hydrogen-bond acceptors (Lipinski definition) is 4. The fraction of sp³-hybridized carbons (Fsp3) is 0.200. The molecule has 0 atom stereocenters. The summed E-state index contributed by atoms with van der Waals surface area (Å²) >= 11 is 0. The van der Waals surface area contributed by atoms with E-state index in [0.29, 0.717) is 11.1 Å². The zero-order valence-electron chi connectivity index (χ0n) is 17.2. The molecule has 5 nitrogen and oxygen atoms in total. The van der Waals surface area contributed by atoms with Crippen LogP contribution < -0.4 is 5.32 Å². The molecule has 0 radical (unpaired) electrons. The van der Waals surface area contributed by atoms with E-state index in [-0.39, 0.29) is 19.0 Å². The third kappa shape index (κ3) is 5.35. The molecule has 3 rings (SSSR count). The van der Waals surface area contributed by atoms with Gasteiger partial charge in [0.1, 0.15) is 5.82 Å². The molecule has 1 amide bonds. The summed E-state index contributed by atoms with van der Waals surface area (Å²) in [5.41, 5.74) is 0.465. The van der Waals surface area contributed by atoms with Crippen molar-refractivity contribution in [2.75, 3.05) is 13.2 Å². The van der Waals surface area contributed by atoms with Gasteiger partial charge in [-0.3, -0.25) is 4.79 Å². The molecule has 0 aliphatic heterocycles. The van der Waals surface area contributed by atoms with Crippen molar-refractivity contribution in [2.24, 2.45) is 0 Å². The molecule has 3 aromatic rings. The van der Waals surface area contributed by atoms with Gasteiger partial charge >= 0.3 is 5.97 Å². The standard InChI is InChI=1S/C25H24FNO4/c1-2-31-25(20-9-5-3-6-10-20,21-11-7-4-8-12-21)24(29)30-18-23(28)27-17-19-13-15-22(26)16-14-19/h3-16H,2,17-18H2,1H3,(H,27,28). The lowest BCUT2D eigenvalue weighted by Crippen LogP contribution is -2.43. The van der Waals surface area contributed by atoms with Gasteiger partial charge in [-0.25, -0.2) is 9.18 Å². The molecular formula is C25H24FNO4. The molecule has 0 saturated heterocycles. The maximum atomic E-state index is 13.3. The lowest BCUT2D eigenvalue weighted by atomic mass is 9.86. The van der Waals surface area contributed by atoms with E-state index in [2.05, 4.69) is 5.32 Å². The summed E-state index contributed by atoms with van der Waals surface area (Å²) in [7, 11) is 0. The molecule has 6 heteroatoms. The average Bonchev–Trinajstić information content (AvgIpc) is 2.81. The van der Waals surface area contributed by atoms with E-state index in [1.165, 1.54) is 12.1 Å². The highest BCUT2D eigenvalue weighted by molar-refractivity contribution is 5.88. The highest BCUT2D eigenvalue weighted by atomic mass is 19.1. The summed E-state index contributed by atoms with van der Waals surface area (Å²) in [5, 5.41) is 2.66. The monoisotopic (exact) mass is 421 g/mol. The summed E-state index contributed by atoms with van der Waals surface area (Å²) in [5.74, 6) is -1.49. The minimum Gasteiger partial charge on any atom is -0.453 e. The van der Waals surface area contributed by atoms with Crippen LogP contribution in [0, 0.1) is 5.82 Å². The van der Waals surface area contributed by atoms with Crippen molar-refractivity contribution in [3.8, 4) is 0 Å². The van der Waals surface area contributed by atoms with Gasteiger partial charge in [0, 0.05) is 13.2 Å². The van der Waals surface area contributed by atoms with E-state index in [1.54, 1.807) is 43.3 Å². The molecule has 3 aromatic carbocycles. The van der Waals surface area contributed by atoms with E-state index >= 15 is 0 Å². The first-order chi connectivity index (χ1) is 15.1. The lowest BCUT2D eigenvalue weighted by Gasteiger charge is -2.32. The molecule has 0 aromatic heterocycles. The largest absolute Gasteiger partial charge is 0.453 e. The van der Waals surface area contributed by atoms with Crippen molar-refractivity contribution < 1.29 is 23.5 Å². The van der Waals surface area contributed by atoms with Gasteiger partial charge in [-0.05, 0) is 35.7 Å². The molecule has 1 N–H and O–H groups in total. The summed E-state index contributed by atoms with van der Waals surface area (Å²) in [6.45, 7) is 1.79. The lowest BCUT2D eigenvalue weighted by molar-refractivity contribution is -0.170. The molecule has 0 fully saturated rings. The van der Waals surface area contributed by atoms with Crippen LogP contribution in [0.5, 0.6) is 0 Å². The van der Waals surface area contributed by atoms with E-state index in [4.69, 9.17) is 9.47 Å². The van der Waals surface area contributed by atoms with Crippen LogP contribution in [0.2, 0.25) is 0 Å². The molecule has 31 heavy (non-hydrogen) atoms. The Bertz CT molecular complexity index is 952. The Hall–Kier alpha value is -3.51. The van der Waals surface area contributed by atoms with Crippen LogP contribution in [0.3, 0.4) is 0 Å². The Labute approximate surface area is 180 Å². The minimum absolute atomic E-state index is 0.199. The van der Waals surface area contributed by atoms with Crippen LogP contribution in [0.25, 0.3) is 0 Å². The third-order valence-corrected chi connectivity index (χ3v) is 4.75. The van der Waals surface area contributed by atoms with Crippen molar-refractivity contribution in [3.63, 3.8) is 0 Å². The number of hydrogen-bond donors (Lipinski definition) is 1. The van der Waals surface area contributed by atoms with Crippen molar-refractivity contribution in [1.29, 1.82) is 0 Å². The molecule has 0 aliphatic rings. The second-order valence-corrected chi connectivity index (χ2v) is 6.83. The van der Waals surface area contributed by atoms with Crippen LogP contribution in [-0.4, -0.2) is 25.1 Å². The van der Waals surface area contributed by atoms with Gasteiger partial charge in [0.05, 0.1) is 0 Å². The zero-order chi connectivity index (χ0) is 22.1. The Balaban J connectivity index is 1.75. The van der Waals surface area contributed by atoms with Crippen LogP contribution in [-0.2, 0) is 31.2 Å². The Morgan fingerprint density at radius 3 is 1.94 bits per heavy atom. The topological polar surface area (TPSA) is 64.6 Å². The van der Waals surface area contributed by atoms with E-state index < -0.39 is 24.1 Å². The van der Waals surface area contributed by atoms with Gasteiger partial charge in [-0.1, -0.05) is 72.8 Å².